The van der Waals surface area contributed by atoms with Gasteiger partial charge in [-0.2, -0.15) is 0 Å². The monoisotopic (exact) mass is 365 g/mol. The summed E-state index contributed by atoms with van der Waals surface area (Å²) in [5.74, 6) is 0.779. The zero-order chi connectivity index (χ0) is 18.0. The third kappa shape index (κ3) is 3.82. The van der Waals surface area contributed by atoms with E-state index in [4.69, 9.17) is 16.3 Å². The summed E-state index contributed by atoms with van der Waals surface area (Å²) in [6, 6.07) is 7.03. The first-order valence-corrected chi connectivity index (χ1v) is 9.78. The van der Waals surface area contributed by atoms with Crippen LogP contribution in [0, 0.1) is 0 Å². The number of benzene rings is 1. The van der Waals surface area contributed by atoms with Crippen molar-refractivity contribution in [3.63, 3.8) is 0 Å². The maximum Gasteiger partial charge on any atom is 0.137 e. The summed E-state index contributed by atoms with van der Waals surface area (Å²) in [7, 11) is 8.33. The maximum atomic E-state index is 6.25. The molecule has 0 atom stereocenters. The third-order valence-electron chi connectivity index (χ3n) is 6.38. The minimum atomic E-state index is 0.0843. The molecule has 2 aliphatic rings. The van der Waals surface area contributed by atoms with Gasteiger partial charge in [-0.25, -0.2) is 0 Å². The van der Waals surface area contributed by atoms with Crippen LogP contribution in [0.2, 0.25) is 5.02 Å². The highest BCUT2D eigenvalue weighted by Crippen LogP contribution is 2.44. The Hall–Kier alpha value is -0.810. The molecule has 5 heteroatoms. The number of piperazine rings is 1. The predicted octanol–water partition coefficient (Wildman–Crippen LogP) is 3.30. The van der Waals surface area contributed by atoms with Crippen LogP contribution in [-0.2, 0) is 5.54 Å². The minimum Gasteiger partial charge on any atom is -0.495 e. The summed E-state index contributed by atoms with van der Waals surface area (Å²) in [6.45, 7) is 4.82. The van der Waals surface area contributed by atoms with Gasteiger partial charge < -0.3 is 9.64 Å². The van der Waals surface area contributed by atoms with E-state index in [1.165, 1.54) is 57.4 Å². The van der Waals surface area contributed by atoms with Crippen LogP contribution in [0.15, 0.2) is 18.2 Å². The second-order valence-corrected chi connectivity index (χ2v) is 8.25. The Morgan fingerprint density at radius 2 is 1.76 bits per heavy atom. The number of nitrogens with zero attached hydrogens (tertiary/aromatic N) is 3. The molecule has 0 unspecified atom stereocenters. The number of rotatable bonds is 4. The maximum absolute atomic E-state index is 6.25. The normalized spacial score (nSPS) is 29.1. The van der Waals surface area contributed by atoms with Crippen LogP contribution in [0.5, 0.6) is 5.75 Å². The zero-order valence-corrected chi connectivity index (χ0v) is 16.9. The molecule has 2 fully saturated rings. The van der Waals surface area contributed by atoms with Crippen molar-refractivity contribution in [2.45, 2.75) is 37.3 Å². The highest BCUT2D eigenvalue weighted by molar-refractivity contribution is 6.32. The predicted molar refractivity (Wildman–Crippen MR) is 105 cm³/mol. The fourth-order valence-electron chi connectivity index (χ4n) is 4.58. The Balaban J connectivity index is 1.75. The largest absolute Gasteiger partial charge is 0.495 e. The van der Waals surface area contributed by atoms with Crippen molar-refractivity contribution < 1.29 is 4.74 Å². The number of hydrogen-bond acceptors (Lipinski definition) is 4. The number of hydrogen-bond donors (Lipinski definition) is 0. The van der Waals surface area contributed by atoms with E-state index in [2.05, 4.69) is 48.0 Å². The van der Waals surface area contributed by atoms with Crippen LogP contribution in [0.4, 0.5) is 0 Å². The van der Waals surface area contributed by atoms with Gasteiger partial charge in [-0.1, -0.05) is 17.7 Å². The molecule has 140 valence electrons. The Labute approximate surface area is 157 Å². The lowest BCUT2D eigenvalue weighted by atomic mass is 9.73. The molecule has 4 nitrogen and oxygen atoms in total. The number of likely N-dealkylation sites (N-methyl/N-ethyl adjacent to an activating group) is 1. The van der Waals surface area contributed by atoms with E-state index in [0.29, 0.717) is 5.02 Å². The van der Waals surface area contributed by atoms with Crippen molar-refractivity contribution >= 4 is 11.6 Å². The standard InChI is InChI=1S/C20H32ClN3O/c1-22(2)20(16-5-6-18(21)19(15-16)25-4)9-7-17(8-10-20)24-13-11-23(3)12-14-24/h5-6,15,17H,7-14H2,1-4H3. The fourth-order valence-corrected chi connectivity index (χ4v) is 4.77. The summed E-state index contributed by atoms with van der Waals surface area (Å²) in [6.07, 6.45) is 4.88. The molecule has 25 heavy (non-hydrogen) atoms. The van der Waals surface area contributed by atoms with Gasteiger partial charge >= 0.3 is 0 Å². The molecule has 0 spiro atoms. The lowest BCUT2D eigenvalue weighted by Crippen LogP contribution is -2.53. The van der Waals surface area contributed by atoms with E-state index < -0.39 is 0 Å². The Kier molecular flexibility index (Phi) is 5.94. The minimum absolute atomic E-state index is 0.0843. The quantitative estimate of drug-likeness (QED) is 0.814. The van der Waals surface area contributed by atoms with Crippen LogP contribution in [0.25, 0.3) is 0 Å². The molecule has 1 aliphatic carbocycles. The van der Waals surface area contributed by atoms with Crippen LogP contribution in [0.1, 0.15) is 31.2 Å². The van der Waals surface area contributed by atoms with Crippen LogP contribution >= 0.6 is 11.6 Å². The molecule has 1 aromatic carbocycles. The molecule has 0 N–H and O–H groups in total. The van der Waals surface area contributed by atoms with E-state index in [1.54, 1.807) is 7.11 Å². The third-order valence-corrected chi connectivity index (χ3v) is 6.69. The molecule has 0 amide bonds. The number of methoxy groups -OCH3 is 1. The van der Waals surface area contributed by atoms with Gasteiger partial charge in [0.05, 0.1) is 12.1 Å². The lowest BCUT2D eigenvalue weighted by Gasteiger charge is -2.48. The Morgan fingerprint density at radius 3 is 2.32 bits per heavy atom. The molecular weight excluding hydrogens is 334 g/mol. The molecule has 1 aromatic rings. The van der Waals surface area contributed by atoms with Crippen LogP contribution < -0.4 is 4.74 Å². The van der Waals surface area contributed by atoms with Gasteiger partial charge in [0.1, 0.15) is 5.75 Å². The van der Waals surface area contributed by atoms with Crippen molar-refractivity contribution in [2.75, 3.05) is 54.4 Å². The molecule has 3 rings (SSSR count). The second kappa shape index (κ2) is 7.83. The number of halogens is 1. The lowest BCUT2D eigenvalue weighted by molar-refractivity contribution is 0.0314. The van der Waals surface area contributed by atoms with E-state index in [1.807, 2.05) is 6.07 Å². The van der Waals surface area contributed by atoms with Gasteiger partial charge in [0, 0.05) is 37.8 Å². The van der Waals surface area contributed by atoms with Crippen LogP contribution in [-0.4, -0.2) is 75.2 Å². The summed E-state index contributed by atoms with van der Waals surface area (Å²) in [5, 5.41) is 0.686. The number of ether oxygens (including phenoxy) is 1. The summed E-state index contributed by atoms with van der Waals surface area (Å²) in [4.78, 5) is 7.54. The molecule has 0 bridgehead atoms. The molecule has 1 heterocycles. The van der Waals surface area contributed by atoms with Gasteiger partial charge in [0.25, 0.3) is 0 Å². The van der Waals surface area contributed by atoms with Gasteiger partial charge in [0.2, 0.25) is 0 Å². The smallest absolute Gasteiger partial charge is 0.137 e. The molecule has 1 saturated carbocycles. The highest BCUT2D eigenvalue weighted by Gasteiger charge is 2.40. The van der Waals surface area contributed by atoms with Crippen LogP contribution in [0.3, 0.4) is 0 Å². The first kappa shape index (κ1) is 19.0. The second-order valence-electron chi connectivity index (χ2n) is 7.85. The van der Waals surface area contributed by atoms with E-state index in [-0.39, 0.29) is 5.54 Å². The average molecular weight is 366 g/mol. The van der Waals surface area contributed by atoms with Crippen molar-refractivity contribution in [2.24, 2.45) is 0 Å². The first-order valence-electron chi connectivity index (χ1n) is 9.40. The van der Waals surface area contributed by atoms with Crippen molar-refractivity contribution in [1.82, 2.24) is 14.7 Å². The molecule has 0 aromatic heterocycles. The molecule has 1 aliphatic heterocycles. The summed E-state index contributed by atoms with van der Waals surface area (Å²) in [5.41, 5.74) is 1.41. The first-order chi connectivity index (χ1) is 12.0. The molecule has 0 radical (unpaired) electrons. The van der Waals surface area contributed by atoms with Gasteiger partial charge in [-0.3, -0.25) is 9.80 Å². The van der Waals surface area contributed by atoms with Crippen molar-refractivity contribution in [3.8, 4) is 5.75 Å². The van der Waals surface area contributed by atoms with E-state index in [9.17, 15) is 0 Å². The molecule has 1 saturated heterocycles. The summed E-state index contributed by atoms with van der Waals surface area (Å²) < 4.78 is 5.46. The molecular formula is C20H32ClN3O. The highest BCUT2D eigenvalue weighted by atomic mass is 35.5. The fraction of sp³-hybridized carbons (Fsp3) is 0.700. The van der Waals surface area contributed by atoms with E-state index in [0.717, 1.165) is 11.8 Å². The SMILES string of the molecule is COc1cc(C2(N(C)C)CCC(N3CCN(C)CC3)CC2)ccc1Cl. The van der Waals surface area contributed by atoms with Gasteiger partial charge in [-0.05, 0) is 64.5 Å². The van der Waals surface area contributed by atoms with Crippen molar-refractivity contribution in [1.29, 1.82) is 0 Å². The zero-order valence-electron chi connectivity index (χ0n) is 16.1. The van der Waals surface area contributed by atoms with E-state index >= 15 is 0 Å². The Bertz CT molecular complexity index is 576. The van der Waals surface area contributed by atoms with Gasteiger partial charge in [0.15, 0.2) is 0 Å². The van der Waals surface area contributed by atoms with Gasteiger partial charge in [-0.15, -0.1) is 0 Å². The summed E-state index contributed by atoms with van der Waals surface area (Å²) >= 11 is 6.25. The Morgan fingerprint density at radius 1 is 1.12 bits per heavy atom. The van der Waals surface area contributed by atoms with Crippen molar-refractivity contribution in [3.05, 3.63) is 28.8 Å². The topological polar surface area (TPSA) is 19.0 Å². The average Bonchev–Trinajstić information content (AvgIpc) is 2.63.